The molecule has 21 heavy (non-hydrogen) atoms. The zero-order valence-electron chi connectivity index (χ0n) is 11.9. The Morgan fingerprint density at radius 2 is 1.86 bits per heavy atom. The van der Waals surface area contributed by atoms with E-state index in [0.717, 1.165) is 11.3 Å². The number of carbonyl (C=O) groups is 2. The lowest BCUT2D eigenvalue weighted by atomic mass is 10.2. The van der Waals surface area contributed by atoms with Gasteiger partial charge in [0.05, 0.1) is 4.88 Å². The van der Waals surface area contributed by atoms with Crippen LogP contribution in [0, 0.1) is 6.92 Å². The fraction of sp³-hybridized carbons (Fsp3) is 0.200. The summed E-state index contributed by atoms with van der Waals surface area (Å²) in [6.45, 7) is 4.08. The lowest BCUT2D eigenvalue weighted by molar-refractivity contribution is 0.103. The van der Waals surface area contributed by atoms with Crippen LogP contribution < -0.4 is 16.4 Å². The van der Waals surface area contributed by atoms with Gasteiger partial charge in [-0.1, -0.05) is 13.0 Å². The number of primary amides is 1. The maximum atomic E-state index is 12.2. The average molecular weight is 303 g/mol. The summed E-state index contributed by atoms with van der Waals surface area (Å²) >= 11 is 1.48. The van der Waals surface area contributed by atoms with Crippen molar-refractivity contribution in [3.63, 3.8) is 0 Å². The van der Waals surface area contributed by atoms with E-state index in [1.807, 2.05) is 13.0 Å². The molecular weight excluding hydrogens is 286 g/mol. The van der Waals surface area contributed by atoms with Crippen LogP contribution in [-0.4, -0.2) is 11.9 Å². The van der Waals surface area contributed by atoms with Crippen LogP contribution in [-0.2, 0) is 6.42 Å². The summed E-state index contributed by atoms with van der Waals surface area (Å²) in [7, 11) is 0. The molecule has 0 aliphatic heterocycles. The molecule has 110 valence electrons. The summed E-state index contributed by atoms with van der Waals surface area (Å²) in [5.41, 5.74) is 7.40. The zero-order chi connectivity index (χ0) is 15.4. The third-order valence-electron chi connectivity index (χ3n) is 3.01. The topological polar surface area (TPSA) is 84.2 Å². The number of anilines is 2. The van der Waals surface area contributed by atoms with Crippen LogP contribution in [0.1, 0.15) is 27.0 Å². The summed E-state index contributed by atoms with van der Waals surface area (Å²) in [4.78, 5) is 24.9. The van der Waals surface area contributed by atoms with Crippen molar-refractivity contribution in [2.24, 2.45) is 5.73 Å². The molecule has 1 heterocycles. The molecule has 0 radical (unpaired) electrons. The van der Waals surface area contributed by atoms with Crippen LogP contribution in [0.2, 0.25) is 0 Å². The Bertz CT molecular complexity index is 679. The Kier molecular flexibility index (Phi) is 4.59. The van der Waals surface area contributed by atoms with Crippen LogP contribution in [0.3, 0.4) is 0 Å². The third kappa shape index (κ3) is 3.82. The van der Waals surface area contributed by atoms with Gasteiger partial charge < -0.3 is 16.4 Å². The van der Waals surface area contributed by atoms with Crippen LogP contribution >= 0.6 is 11.3 Å². The van der Waals surface area contributed by atoms with E-state index in [9.17, 15) is 9.59 Å². The standard InChI is InChI=1S/C15H17N3O2S/c1-3-10-7-13(21-9(10)2)14(19)17-11-5-4-6-12(8-11)18-15(16)20/h4-8H,3H2,1-2H3,(H,17,19)(H3,16,18,20). The van der Waals surface area contributed by atoms with E-state index in [4.69, 9.17) is 5.73 Å². The molecule has 0 aliphatic rings. The predicted molar refractivity (Wildman–Crippen MR) is 86.0 cm³/mol. The summed E-state index contributed by atoms with van der Waals surface area (Å²) in [6.07, 6.45) is 0.910. The number of benzene rings is 1. The van der Waals surface area contributed by atoms with Gasteiger partial charge in [0.15, 0.2) is 0 Å². The Balaban J connectivity index is 2.13. The molecule has 0 fully saturated rings. The lowest BCUT2D eigenvalue weighted by Gasteiger charge is -2.06. The summed E-state index contributed by atoms with van der Waals surface area (Å²) in [5, 5.41) is 5.29. The van der Waals surface area contributed by atoms with Gasteiger partial charge in [-0.2, -0.15) is 0 Å². The Hall–Kier alpha value is -2.34. The monoisotopic (exact) mass is 303 g/mol. The molecule has 0 unspecified atom stereocenters. The number of amides is 3. The van der Waals surface area contributed by atoms with Crippen molar-refractivity contribution in [1.82, 2.24) is 0 Å². The molecule has 4 N–H and O–H groups in total. The zero-order valence-corrected chi connectivity index (χ0v) is 12.7. The van der Waals surface area contributed by atoms with E-state index in [1.165, 1.54) is 16.9 Å². The van der Waals surface area contributed by atoms with Gasteiger partial charge in [0.25, 0.3) is 5.91 Å². The molecule has 0 aliphatic carbocycles. The van der Waals surface area contributed by atoms with Crippen LogP contribution in [0.15, 0.2) is 30.3 Å². The van der Waals surface area contributed by atoms with Crippen molar-refractivity contribution >= 4 is 34.6 Å². The maximum Gasteiger partial charge on any atom is 0.316 e. The summed E-state index contributed by atoms with van der Waals surface area (Å²) in [6, 6.07) is 8.12. The molecule has 0 saturated heterocycles. The number of hydrogen-bond donors (Lipinski definition) is 3. The van der Waals surface area contributed by atoms with Crippen LogP contribution in [0.4, 0.5) is 16.2 Å². The maximum absolute atomic E-state index is 12.2. The number of carbonyl (C=O) groups excluding carboxylic acids is 2. The number of urea groups is 1. The minimum atomic E-state index is -0.639. The molecule has 0 saturated carbocycles. The van der Waals surface area contributed by atoms with E-state index in [-0.39, 0.29) is 5.91 Å². The number of nitrogens with two attached hydrogens (primary N) is 1. The molecule has 0 spiro atoms. The molecule has 1 aromatic carbocycles. The molecule has 1 aromatic heterocycles. The fourth-order valence-electron chi connectivity index (χ4n) is 1.99. The van der Waals surface area contributed by atoms with Crippen molar-refractivity contribution in [2.45, 2.75) is 20.3 Å². The number of rotatable bonds is 4. The second-order valence-corrected chi connectivity index (χ2v) is 5.83. The number of hydrogen-bond acceptors (Lipinski definition) is 3. The highest BCUT2D eigenvalue weighted by Gasteiger charge is 2.12. The second-order valence-electron chi connectivity index (χ2n) is 4.57. The third-order valence-corrected chi connectivity index (χ3v) is 4.10. The lowest BCUT2D eigenvalue weighted by Crippen LogP contribution is -2.19. The van der Waals surface area contributed by atoms with Gasteiger partial charge in [0, 0.05) is 16.3 Å². The first-order valence-corrected chi connectivity index (χ1v) is 7.38. The first kappa shape index (κ1) is 15.1. The summed E-state index contributed by atoms with van der Waals surface area (Å²) < 4.78 is 0. The Labute approximate surface area is 127 Å². The van der Waals surface area contributed by atoms with Crippen molar-refractivity contribution < 1.29 is 9.59 Å². The normalized spacial score (nSPS) is 10.2. The first-order chi connectivity index (χ1) is 9.99. The molecule has 3 amide bonds. The molecule has 2 aromatic rings. The predicted octanol–water partition coefficient (Wildman–Crippen LogP) is 3.36. The Morgan fingerprint density at radius 1 is 1.19 bits per heavy atom. The second kappa shape index (κ2) is 6.41. The largest absolute Gasteiger partial charge is 0.351 e. The molecular formula is C15H17N3O2S. The van der Waals surface area contributed by atoms with Crippen LogP contribution in [0.25, 0.3) is 0 Å². The van der Waals surface area contributed by atoms with E-state index in [0.29, 0.717) is 16.3 Å². The SMILES string of the molecule is CCc1cc(C(=O)Nc2cccc(NC(N)=O)c2)sc1C. The van der Waals surface area contributed by atoms with Crippen molar-refractivity contribution in [3.8, 4) is 0 Å². The first-order valence-electron chi connectivity index (χ1n) is 6.56. The van der Waals surface area contributed by atoms with Crippen molar-refractivity contribution in [3.05, 3.63) is 45.6 Å². The van der Waals surface area contributed by atoms with E-state index in [2.05, 4.69) is 17.6 Å². The van der Waals surface area contributed by atoms with Crippen molar-refractivity contribution in [2.75, 3.05) is 10.6 Å². The van der Waals surface area contributed by atoms with E-state index < -0.39 is 6.03 Å². The molecule has 5 nitrogen and oxygen atoms in total. The summed E-state index contributed by atoms with van der Waals surface area (Å²) in [5.74, 6) is -0.154. The highest BCUT2D eigenvalue weighted by molar-refractivity contribution is 7.14. The quantitative estimate of drug-likeness (QED) is 0.809. The van der Waals surface area contributed by atoms with Gasteiger partial charge in [-0.05, 0) is 43.2 Å². The number of nitrogens with one attached hydrogen (secondary N) is 2. The van der Waals surface area contributed by atoms with Crippen LogP contribution in [0.5, 0.6) is 0 Å². The van der Waals surface area contributed by atoms with Crippen molar-refractivity contribution in [1.29, 1.82) is 0 Å². The average Bonchev–Trinajstić information content (AvgIpc) is 2.79. The van der Waals surface area contributed by atoms with Gasteiger partial charge >= 0.3 is 6.03 Å². The van der Waals surface area contributed by atoms with Gasteiger partial charge in [-0.25, -0.2) is 4.79 Å². The number of aryl methyl sites for hydroxylation is 2. The molecule has 0 atom stereocenters. The minimum absolute atomic E-state index is 0.154. The van der Waals surface area contributed by atoms with Gasteiger partial charge in [0.1, 0.15) is 0 Å². The highest BCUT2D eigenvalue weighted by Crippen LogP contribution is 2.23. The van der Waals surface area contributed by atoms with Gasteiger partial charge in [0.2, 0.25) is 0 Å². The van der Waals surface area contributed by atoms with Gasteiger partial charge in [-0.15, -0.1) is 11.3 Å². The molecule has 6 heteroatoms. The smallest absolute Gasteiger partial charge is 0.316 e. The minimum Gasteiger partial charge on any atom is -0.351 e. The number of thiophene rings is 1. The highest BCUT2D eigenvalue weighted by atomic mass is 32.1. The molecule has 2 rings (SSSR count). The fourth-order valence-corrected chi connectivity index (χ4v) is 3.00. The molecule has 0 bridgehead atoms. The van der Waals surface area contributed by atoms with Gasteiger partial charge in [-0.3, -0.25) is 4.79 Å². The van der Waals surface area contributed by atoms with E-state index in [1.54, 1.807) is 24.3 Å². The van der Waals surface area contributed by atoms with E-state index >= 15 is 0 Å². The Morgan fingerprint density at radius 3 is 2.43 bits per heavy atom.